The second-order valence-electron chi connectivity index (χ2n) is 8.33. The standard InChI is InChI=1S/C25H26N2O3/c1-17-10-12-19(13-11-17)22-23(26-14-4-7-18-6-2-3-9-21(18)26)25(29)27(24(22)28)16-20-8-5-15-30-20/h2-3,6,9-13,20H,4-5,7-8,14-16H2,1H3. The third kappa shape index (κ3) is 3.23. The summed E-state index contributed by atoms with van der Waals surface area (Å²) >= 11 is 0. The van der Waals surface area contributed by atoms with E-state index in [9.17, 15) is 9.59 Å². The first-order valence-corrected chi connectivity index (χ1v) is 10.8. The van der Waals surface area contributed by atoms with Gasteiger partial charge in [-0.05, 0) is 49.8 Å². The molecular formula is C25H26N2O3. The van der Waals surface area contributed by atoms with Gasteiger partial charge in [0.05, 0.1) is 18.2 Å². The van der Waals surface area contributed by atoms with Crippen LogP contribution in [0.4, 0.5) is 5.69 Å². The largest absolute Gasteiger partial charge is 0.376 e. The fourth-order valence-corrected chi connectivity index (χ4v) is 4.72. The predicted molar refractivity (Wildman–Crippen MR) is 116 cm³/mol. The minimum absolute atomic E-state index is 0.0647. The third-order valence-corrected chi connectivity index (χ3v) is 6.27. The van der Waals surface area contributed by atoms with Crippen molar-refractivity contribution in [3.05, 3.63) is 70.9 Å². The number of amides is 2. The van der Waals surface area contributed by atoms with Gasteiger partial charge in [-0.15, -0.1) is 0 Å². The third-order valence-electron chi connectivity index (χ3n) is 6.27. The Morgan fingerprint density at radius 1 is 1.00 bits per heavy atom. The number of ether oxygens (including phenoxy) is 1. The van der Waals surface area contributed by atoms with Gasteiger partial charge in [0.15, 0.2) is 0 Å². The summed E-state index contributed by atoms with van der Waals surface area (Å²) in [6.07, 6.45) is 3.74. The number of para-hydroxylation sites is 1. The molecule has 0 aliphatic carbocycles. The molecule has 2 amide bonds. The molecule has 1 unspecified atom stereocenters. The molecule has 5 heteroatoms. The van der Waals surface area contributed by atoms with Crippen LogP contribution in [-0.4, -0.2) is 42.5 Å². The summed E-state index contributed by atoms with van der Waals surface area (Å²) in [4.78, 5) is 30.6. The number of carbonyl (C=O) groups excluding carboxylic acids is 2. The van der Waals surface area contributed by atoms with Crippen LogP contribution in [0.25, 0.3) is 5.57 Å². The SMILES string of the molecule is Cc1ccc(C2=C(N3CCCc4ccccc43)C(=O)N(CC3CCCO3)C2=O)cc1. The van der Waals surface area contributed by atoms with Crippen LogP contribution >= 0.6 is 0 Å². The number of aryl methyl sites for hydroxylation is 2. The van der Waals surface area contributed by atoms with Crippen molar-refractivity contribution in [3.63, 3.8) is 0 Å². The second kappa shape index (κ2) is 7.73. The number of anilines is 1. The maximum Gasteiger partial charge on any atom is 0.278 e. The molecule has 0 N–H and O–H groups in total. The van der Waals surface area contributed by atoms with Crippen LogP contribution in [0.5, 0.6) is 0 Å². The lowest BCUT2D eigenvalue weighted by Crippen LogP contribution is -2.40. The normalized spacial score (nSPS) is 21.6. The highest BCUT2D eigenvalue weighted by atomic mass is 16.5. The number of carbonyl (C=O) groups is 2. The van der Waals surface area contributed by atoms with Crippen LogP contribution in [0.15, 0.2) is 54.2 Å². The lowest BCUT2D eigenvalue weighted by molar-refractivity contribution is -0.138. The molecule has 1 saturated heterocycles. The zero-order valence-corrected chi connectivity index (χ0v) is 17.3. The van der Waals surface area contributed by atoms with Crippen LogP contribution in [0.1, 0.15) is 36.0 Å². The zero-order valence-electron chi connectivity index (χ0n) is 17.3. The molecule has 1 fully saturated rings. The van der Waals surface area contributed by atoms with E-state index in [0.29, 0.717) is 24.4 Å². The van der Waals surface area contributed by atoms with Crippen LogP contribution in [0.3, 0.4) is 0 Å². The number of imide groups is 1. The molecule has 0 bridgehead atoms. The average Bonchev–Trinajstić information content (AvgIpc) is 3.36. The molecule has 2 aromatic carbocycles. The Bertz CT molecular complexity index is 1020. The van der Waals surface area contributed by atoms with E-state index in [1.165, 1.54) is 10.5 Å². The van der Waals surface area contributed by atoms with Crippen molar-refractivity contribution < 1.29 is 14.3 Å². The molecule has 0 aromatic heterocycles. The first kappa shape index (κ1) is 19.1. The Morgan fingerprint density at radius 2 is 1.80 bits per heavy atom. The summed E-state index contributed by atoms with van der Waals surface area (Å²) in [5.41, 5.74) is 5.19. The lowest BCUT2D eigenvalue weighted by atomic mass is 9.98. The fraction of sp³-hybridized carbons (Fsp3) is 0.360. The molecule has 3 aliphatic rings. The topological polar surface area (TPSA) is 49.9 Å². The summed E-state index contributed by atoms with van der Waals surface area (Å²) in [5, 5.41) is 0. The molecule has 30 heavy (non-hydrogen) atoms. The van der Waals surface area contributed by atoms with Crippen molar-refractivity contribution in [2.45, 2.75) is 38.7 Å². The number of rotatable bonds is 4. The zero-order chi connectivity index (χ0) is 20.7. The van der Waals surface area contributed by atoms with E-state index in [-0.39, 0.29) is 17.9 Å². The van der Waals surface area contributed by atoms with Crippen molar-refractivity contribution >= 4 is 23.1 Å². The first-order chi connectivity index (χ1) is 14.6. The van der Waals surface area contributed by atoms with E-state index in [4.69, 9.17) is 4.74 Å². The highest BCUT2D eigenvalue weighted by molar-refractivity contribution is 6.36. The van der Waals surface area contributed by atoms with Gasteiger partial charge in [-0.2, -0.15) is 0 Å². The molecule has 3 heterocycles. The second-order valence-corrected chi connectivity index (χ2v) is 8.33. The molecule has 0 radical (unpaired) electrons. The van der Waals surface area contributed by atoms with E-state index >= 15 is 0 Å². The van der Waals surface area contributed by atoms with Crippen molar-refractivity contribution in [3.8, 4) is 0 Å². The number of hydrogen-bond donors (Lipinski definition) is 0. The average molecular weight is 402 g/mol. The van der Waals surface area contributed by atoms with E-state index in [1.807, 2.05) is 43.3 Å². The van der Waals surface area contributed by atoms with Crippen LogP contribution in [0.2, 0.25) is 0 Å². The van der Waals surface area contributed by atoms with Gasteiger partial charge in [-0.1, -0.05) is 48.0 Å². The molecule has 3 aliphatic heterocycles. The number of hydrogen-bond acceptors (Lipinski definition) is 4. The summed E-state index contributed by atoms with van der Waals surface area (Å²) in [7, 11) is 0. The predicted octanol–water partition coefficient (Wildman–Crippen LogP) is 3.71. The van der Waals surface area contributed by atoms with Crippen LogP contribution in [-0.2, 0) is 20.7 Å². The van der Waals surface area contributed by atoms with Gasteiger partial charge >= 0.3 is 0 Å². The number of fused-ring (bicyclic) bond motifs is 1. The van der Waals surface area contributed by atoms with Crippen molar-refractivity contribution in [2.24, 2.45) is 0 Å². The fourth-order valence-electron chi connectivity index (χ4n) is 4.72. The van der Waals surface area contributed by atoms with Gasteiger partial charge in [0, 0.05) is 18.8 Å². The molecule has 5 nitrogen and oxygen atoms in total. The summed E-state index contributed by atoms with van der Waals surface area (Å²) in [6.45, 7) is 3.78. The van der Waals surface area contributed by atoms with Gasteiger partial charge in [0.1, 0.15) is 5.70 Å². The Labute approximate surface area is 176 Å². The van der Waals surface area contributed by atoms with Gasteiger partial charge < -0.3 is 9.64 Å². The number of benzene rings is 2. The molecule has 5 rings (SSSR count). The van der Waals surface area contributed by atoms with E-state index in [2.05, 4.69) is 17.0 Å². The minimum atomic E-state index is -0.211. The van der Waals surface area contributed by atoms with Gasteiger partial charge in [0.25, 0.3) is 11.8 Å². The molecule has 0 spiro atoms. The maximum atomic E-state index is 13.6. The van der Waals surface area contributed by atoms with Gasteiger partial charge in [-0.3, -0.25) is 14.5 Å². The Hall–Kier alpha value is -2.92. The minimum Gasteiger partial charge on any atom is -0.376 e. The molecular weight excluding hydrogens is 376 g/mol. The molecule has 154 valence electrons. The Morgan fingerprint density at radius 3 is 2.57 bits per heavy atom. The van der Waals surface area contributed by atoms with E-state index in [1.54, 1.807) is 0 Å². The van der Waals surface area contributed by atoms with E-state index < -0.39 is 0 Å². The van der Waals surface area contributed by atoms with Crippen molar-refractivity contribution in [1.29, 1.82) is 0 Å². The molecule has 2 aromatic rings. The maximum absolute atomic E-state index is 13.6. The van der Waals surface area contributed by atoms with Gasteiger partial charge in [0.2, 0.25) is 0 Å². The van der Waals surface area contributed by atoms with E-state index in [0.717, 1.165) is 49.0 Å². The van der Waals surface area contributed by atoms with Gasteiger partial charge in [-0.25, -0.2) is 0 Å². The summed E-state index contributed by atoms with van der Waals surface area (Å²) in [5.74, 6) is -0.416. The van der Waals surface area contributed by atoms with Crippen LogP contribution in [0, 0.1) is 6.92 Å². The first-order valence-electron chi connectivity index (χ1n) is 10.8. The highest BCUT2D eigenvalue weighted by Gasteiger charge is 2.43. The monoisotopic (exact) mass is 402 g/mol. The Balaban J connectivity index is 1.60. The van der Waals surface area contributed by atoms with Crippen LogP contribution < -0.4 is 4.90 Å². The summed E-state index contributed by atoms with van der Waals surface area (Å²) in [6, 6.07) is 16.1. The quantitative estimate of drug-likeness (QED) is 0.732. The number of nitrogens with zero attached hydrogens (tertiary/aromatic N) is 2. The van der Waals surface area contributed by atoms with Crippen molar-refractivity contribution in [2.75, 3.05) is 24.6 Å². The molecule has 0 saturated carbocycles. The summed E-state index contributed by atoms with van der Waals surface area (Å²) < 4.78 is 5.73. The van der Waals surface area contributed by atoms with Crippen molar-refractivity contribution in [1.82, 2.24) is 4.90 Å². The Kier molecular flexibility index (Phi) is 4.91. The molecule has 1 atom stereocenters. The lowest BCUT2D eigenvalue weighted by Gasteiger charge is -2.32. The highest BCUT2D eigenvalue weighted by Crippen LogP contribution is 2.38. The smallest absolute Gasteiger partial charge is 0.278 e.